The van der Waals surface area contributed by atoms with Gasteiger partial charge in [0, 0.05) is 0 Å². The molecule has 0 aromatic heterocycles. The molecule has 0 aliphatic carbocycles. The number of anilines is 1. The molecule has 0 radical (unpaired) electrons. The Morgan fingerprint density at radius 1 is 1.00 bits per heavy atom. The molecule has 1 nitrogen and oxygen atoms in total. The van der Waals surface area contributed by atoms with Crippen molar-refractivity contribution in [3.05, 3.63) is 28.8 Å². The Bertz CT molecular complexity index is 356. The third kappa shape index (κ3) is 3.30. The molecule has 0 spiro atoms. The van der Waals surface area contributed by atoms with Gasteiger partial charge in [0.25, 0.3) is 0 Å². The molecular formula is C15H24LiN. The van der Waals surface area contributed by atoms with Crippen molar-refractivity contribution in [2.75, 3.05) is 18.0 Å². The summed E-state index contributed by atoms with van der Waals surface area (Å²) in [6.07, 6.45) is 2.27. The number of rotatable bonds is 6. The second-order valence-corrected chi connectivity index (χ2v) is 4.49. The van der Waals surface area contributed by atoms with Crippen molar-refractivity contribution in [2.45, 2.75) is 45.6 Å². The van der Waals surface area contributed by atoms with Crippen LogP contribution in [0.3, 0.4) is 0 Å². The van der Waals surface area contributed by atoms with E-state index in [1.54, 1.807) is 5.56 Å². The average Bonchev–Trinajstić information content (AvgIpc) is 2.39. The fourth-order valence-electron chi connectivity index (χ4n) is 2.55. The monoisotopic (exact) mass is 225 g/mol. The first kappa shape index (κ1) is 14.7. The molecule has 0 aliphatic heterocycles. The summed E-state index contributed by atoms with van der Waals surface area (Å²) in [6, 6.07) is 4.79. The Kier molecular flexibility index (Phi) is 6.17. The first-order chi connectivity index (χ1) is 8.21. The fourth-order valence-corrected chi connectivity index (χ4v) is 2.55. The normalized spacial score (nSPS) is 10.7. The average molecular weight is 225 g/mol. The van der Waals surface area contributed by atoms with Gasteiger partial charge in [-0.05, 0) is 0 Å². The van der Waals surface area contributed by atoms with Gasteiger partial charge in [-0.15, -0.1) is 0 Å². The predicted molar refractivity (Wildman–Crippen MR) is 78.2 cm³/mol. The minimum absolute atomic E-state index is 1.10. The van der Waals surface area contributed by atoms with Crippen LogP contribution in [0.1, 0.15) is 44.4 Å². The van der Waals surface area contributed by atoms with Gasteiger partial charge in [0.05, 0.1) is 0 Å². The van der Waals surface area contributed by atoms with Gasteiger partial charge in [-0.2, -0.15) is 0 Å². The Hall–Kier alpha value is -0.383. The first-order valence-corrected chi connectivity index (χ1v) is 7.11. The van der Waals surface area contributed by atoms with Crippen molar-refractivity contribution in [3.63, 3.8) is 0 Å². The van der Waals surface area contributed by atoms with Gasteiger partial charge in [0.2, 0.25) is 0 Å². The molecule has 0 atom stereocenters. The SMILES string of the molecule is [Li][CH2]c1c(CC)cc(CC)cc1N(CC)CC. The minimum atomic E-state index is 1.10. The summed E-state index contributed by atoms with van der Waals surface area (Å²) in [5, 5.41) is 1.14. The van der Waals surface area contributed by atoms with Crippen LogP contribution in [0.4, 0.5) is 5.69 Å². The van der Waals surface area contributed by atoms with Crippen LogP contribution in [-0.2, 0) is 17.9 Å². The Balaban J connectivity index is 3.32. The van der Waals surface area contributed by atoms with Crippen molar-refractivity contribution < 1.29 is 0 Å². The summed E-state index contributed by atoms with van der Waals surface area (Å²) in [7, 11) is 0. The van der Waals surface area contributed by atoms with Crippen molar-refractivity contribution in [1.29, 1.82) is 0 Å². The number of hydrogen-bond acceptors (Lipinski definition) is 1. The van der Waals surface area contributed by atoms with Crippen LogP contribution < -0.4 is 4.90 Å². The van der Waals surface area contributed by atoms with Crippen molar-refractivity contribution in [2.24, 2.45) is 0 Å². The second-order valence-electron chi connectivity index (χ2n) is 4.49. The zero-order valence-electron chi connectivity index (χ0n) is 12.1. The molecule has 90 valence electrons. The summed E-state index contributed by atoms with van der Waals surface area (Å²) in [4.78, 5) is 2.48. The van der Waals surface area contributed by atoms with E-state index in [2.05, 4.69) is 62.4 Å². The third-order valence-electron chi connectivity index (χ3n) is 3.63. The molecule has 0 N–H and O–H groups in total. The molecule has 0 fully saturated rings. The van der Waals surface area contributed by atoms with Gasteiger partial charge in [-0.3, -0.25) is 0 Å². The van der Waals surface area contributed by atoms with Crippen molar-refractivity contribution in [1.82, 2.24) is 0 Å². The summed E-state index contributed by atoms with van der Waals surface area (Å²) in [5.74, 6) is 0. The molecule has 1 rings (SSSR count). The zero-order valence-corrected chi connectivity index (χ0v) is 12.1. The maximum atomic E-state index is 2.48. The summed E-state index contributed by atoms with van der Waals surface area (Å²) >= 11 is 2.27. The van der Waals surface area contributed by atoms with Crippen LogP contribution in [0.5, 0.6) is 0 Å². The molecule has 0 amide bonds. The van der Waals surface area contributed by atoms with Crippen molar-refractivity contribution >= 4 is 23.4 Å². The standard InChI is InChI=1S/C15H24N.Li/c1-6-13-10-14(7-2)12(5)15(11-13)16(8-3)9-4;/h10-11H,5-9H2,1-4H3;. The van der Waals surface area contributed by atoms with E-state index in [4.69, 9.17) is 0 Å². The quantitative estimate of drug-likeness (QED) is 0.671. The van der Waals surface area contributed by atoms with Gasteiger partial charge in [-0.1, -0.05) is 0 Å². The molecule has 0 bridgehead atoms. The van der Waals surface area contributed by atoms with Crippen molar-refractivity contribution in [3.8, 4) is 0 Å². The van der Waals surface area contributed by atoms with Crippen LogP contribution >= 0.6 is 0 Å². The maximum absolute atomic E-state index is 2.48. The Morgan fingerprint density at radius 3 is 2.06 bits per heavy atom. The van der Waals surface area contributed by atoms with E-state index in [0.717, 1.165) is 31.0 Å². The number of nitrogens with zero attached hydrogens (tertiary/aromatic N) is 1. The molecule has 1 aromatic carbocycles. The molecule has 0 saturated heterocycles. The number of hydrogen-bond donors (Lipinski definition) is 0. The van der Waals surface area contributed by atoms with E-state index in [0.29, 0.717) is 0 Å². The Labute approximate surface area is 116 Å². The third-order valence-corrected chi connectivity index (χ3v) is 3.63. The van der Waals surface area contributed by atoms with E-state index in [-0.39, 0.29) is 0 Å². The fraction of sp³-hybridized carbons (Fsp3) is 0.600. The van der Waals surface area contributed by atoms with Crippen LogP contribution in [-0.4, -0.2) is 30.8 Å². The predicted octanol–water partition coefficient (Wildman–Crippen LogP) is 3.33. The van der Waals surface area contributed by atoms with Crippen LogP contribution in [0, 0.1) is 0 Å². The van der Waals surface area contributed by atoms with Crippen LogP contribution in [0.15, 0.2) is 12.1 Å². The van der Waals surface area contributed by atoms with Gasteiger partial charge < -0.3 is 0 Å². The zero-order chi connectivity index (χ0) is 12.8. The second kappa shape index (κ2) is 7.14. The topological polar surface area (TPSA) is 3.24 Å². The van der Waals surface area contributed by atoms with Gasteiger partial charge >= 0.3 is 116 Å². The molecule has 1 aromatic rings. The molecule has 0 aliphatic rings. The molecule has 0 unspecified atom stereocenters. The van der Waals surface area contributed by atoms with E-state index < -0.39 is 0 Å². The molecule has 17 heavy (non-hydrogen) atoms. The van der Waals surface area contributed by atoms with E-state index in [1.165, 1.54) is 16.8 Å². The molecule has 0 heterocycles. The first-order valence-electron chi connectivity index (χ1n) is 7.11. The van der Waals surface area contributed by atoms with E-state index in [1.807, 2.05) is 0 Å². The van der Waals surface area contributed by atoms with E-state index >= 15 is 0 Å². The van der Waals surface area contributed by atoms with Crippen LogP contribution in [0.25, 0.3) is 0 Å². The summed E-state index contributed by atoms with van der Waals surface area (Å²) in [5.41, 5.74) is 6.02. The van der Waals surface area contributed by atoms with Gasteiger partial charge in [0.15, 0.2) is 0 Å². The molecular weight excluding hydrogens is 201 g/mol. The molecule has 0 saturated carbocycles. The van der Waals surface area contributed by atoms with E-state index in [9.17, 15) is 0 Å². The number of benzene rings is 1. The Morgan fingerprint density at radius 2 is 1.65 bits per heavy atom. The summed E-state index contributed by atoms with van der Waals surface area (Å²) in [6.45, 7) is 11.2. The van der Waals surface area contributed by atoms with Crippen LogP contribution in [0.2, 0.25) is 0 Å². The van der Waals surface area contributed by atoms with Gasteiger partial charge in [-0.25, -0.2) is 0 Å². The summed E-state index contributed by atoms with van der Waals surface area (Å²) < 4.78 is 0. The molecule has 2 heteroatoms. The van der Waals surface area contributed by atoms with Gasteiger partial charge in [0.1, 0.15) is 0 Å². The number of aryl methyl sites for hydroxylation is 2.